The molecule has 0 radical (unpaired) electrons. The number of rotatable bonds is 18. The fraction of sp³-hybridized carbons (Fsp3) is 0.897. The summed E-state index contributed by atoms with van der Waals surface area (Å²) in [6.07, 6.45) is 33.0. The number of carbonyl (C=O) groups is 2. The van der Waals surface area contributed by atoms with Gasteiger partial charge in [-0.15, -0.1) is 0 Å². The number of ether oxygens (including phenoxy) is 1. The molecule has 6 saturated carbocycles. The zero-order valence-corrected chi connectivity index (χ0v) is 42.7. The van der Waals surface area contributed by atoms with E-state index in [0.29, 0.717) is 45.3 Å². The molecule has 0 heterocycles. The lowest BCUT2D eigenvalue weighted by molar-refractivity contribution is -0.121. The maximum Gasteiger partial charge on any atom is 0.217 e. The second-order valence-corrected chi connectivity index (χ2v) is 25.4. The summed E-state index contributed by atoms with van der Waals surface area (Å²) in [6.45, 7) is 19.7. The summed E-state index contributed by atoms with van der Waals surface area (Å²) < 4.78 is 6.06. The molecule has 4 N–H and O–H groups in total. The first-order valence-corrected chi connectivity index (χ1v) is 27.9. The Morgan fingerprint density at radius 1 is 0.585 bits per heavy atom. The van der Waals surface area contributed by atoms with Gasteiger partial charge in [-0.3, -0.25) is 9.59 Å². The van der Waals surface area contributed by atoms with Gasteiger partial charge in [0.25, 0.3) is 0 Å². The summed E-state index contributed by atoms with van der Waals surface area (Å²) in [5.41, 5.74) is 4.60. The Morgan fingerprint density at radius 3 is 1.40 bits per heavy atom. The molecule has 0 aromatic carbocycles. The SMILES string of the molecule is CC(=O)NC(C)[C@H]1CC[C@H]2[C@@H]3CC=C4C[C@@H]([C@H](O)CCCCCOCCCCC[C@@H](O)[C@H]5CC[C@@]6(C)C(=CC[C@H]7[C@@H]8CC[C@H](C(C)NC(C)=O)[C@@]8(C)CC[C@@H]76)C5)CC[C@]4(C)[C@H]3CC[C@]12C. The molecule has 8 aliphatic rings. The van der Waals surface area contributed by atoms with E-state index >= 15 is 0 Å². The van der Waals surface area contributed by atoms with Crippen LogP contribution in [0.1, 0.15) is 209 Å². The van der Waals surface area contributed by atoms with Crippen molar-refractivity contribution in [1.29, 1.82) is 0 Å². The van der Waals surface area contributed by atoms with Crippen molar-refractivity contribution in [2.45, 2.75) is 234 Å². The first-order chi connectivity index (χ1) is 31.0. The van der Waals surface area contributed by atoms with Gasteiger partial charge < -0.3 is 25.6 Å². The van der Waals surface area contributed by atoms with Crippen LogP contribution in [-0.4, -0.2) is 59.5 Å². The Bertz CT molecular complexity index is 1600. The third-order valence-electron chi connectivity index (χ3n) is 22.2. The van der Waals surface area contributed by atoms with E-state index in [2.05, 4.69) is 64.3 Å². The second-order valence-electron chi connectivity index (χ2n) is 25.4. The highest BCUT2D eigenvalue weighted by Crippen LogP contribution is 2.69. The summed E-state index contributed by atoms with van der Waals surface area (Å²) in [7, 11) is 0. The highest BCUT2D eigenvalue weighted by atomic mass is 16.5. The largest absolute Gasteiger partial charge is 0.393 e. The molecule has 6 fully saturated rings. The summed E-state index contributed by atoms with van der Waals surface area (Å²) in [5, 5.41) is 29.3. The molecule has 7 nitrogen and oxygen atoms in total. The number of nitrogens with one attached hydrogen (secondary N) is 2. The molecule has 2 unspecified atom stereocenters. The summed E-state index contributed by atoms with van der Waals surface area (Å²) in [6, 6.07) is 0.518. The Hall–Kier alpha value is -1.70. The van der Waals surface area contributed by atoms with Gasteiger partial charge >= 0.3 is 0 Å². The molecule has 0 aromatic heterocycles. The van der Waals surface area contributed by atoms with Crippen LogP contribution in [0.2, 0.25) is 0 Å². The molecule has 8 aliphatic carbocycles. The van der Waals surface area contributed by atoms with Crippen LogP contribution in [0, 0.1) is 80.8 Å². The number of hydrogen-bond donors (Lipinski definition) is 4. The first kappa shape index (κ1) is 49.7. The van der Waals surface area contributed by atoms with Crippen LogP contribution in [0.3, 0.4) is 0 Å². The number of fused-ring (bicyclic) bond motifs is 10. The lowest BCUT2D eigenvalue weighted by Crippen LogP contribution is -2.52. The number of hydrogen-bond acceptors (Lipinski definition) is 5. The van der Waals surface area contributed by atoms with Crippen LogP contribution in [0.4, 0.5) is 0 Å². The van der Waals surface area contributed by atoms with E-state index in [9.17, 15) is 19.8 Å². The van der Waals surface area contributed by atoms with Crippen molar-refractivity contribution >= 4 is 11.8 Å². The Balaban J connectivity index is 0.681. The van der Waals surface area contributed by atoms with Crippen LogP contribution in [0.25, 0.3) is 0 Å². The molecule has 7 heteroatoms. The van der Waals surface area contributed by atoms with E-state index in [1.807, 2.05) is 0 Å². The van der Waals surface area contributed by atoms with Crippen LogP contribution in [0.15, 0.2) is 23.3 Å². The van der Waals surface area contributed by atoms with E-state index < -0.39 is 0 Å². The highest BCUT2D eigenvalue weighted by molar-refractivity contribution is 5.73. The minimum absolute atomic E-state index is 0.106. The summed E-state index contributed by atoms with van der Waals surface area (Å²) in [4.78, 5) is 23.8. The predicted molar refractivity (Wildman–Crippen MR) is 264 cm³/mol. The number of unbranched alkanes of at least 4 members (excludes halogenated alkanes) is 4. The number of amides is 2. The summed E-state index contributed by atoms with van der Waals surface area (Å²) in [5.74, 6) is 6.80. The van der Waals surface area contributed by atoms with Crippen molar-refractivity contribution in [2.24, 2.45) is 80.8 Å². The van der Waals surface area contributed by atoms with E-state index in [1.165, 1.54) is 77.0 Å². The van der Waals surface area contributed by atoms with Gasteiger partial charge in [-0.25, -0.2) is 0 Å². The molecule has 18 atom stereocenters. The first-order valence-electron chi connectivity index (χ1n) is 27.9. The maximum absolute atomic E-state index is 11.9. The number of allylic oxidation sites excluding steroid dienone is 4. The average Bonchev–Trinajstić information content (AvgIpc) is 3.81. The third-order valence-corrected chi connectivity index (χ3v) is 22.2. The zero-order valence-electron chi connectivity index (χ0n) is 42.7. The van der Waals surface area contributed by atoms with Crippen LogP contribution in [0.5, 0.6) is 0 Å². The van der Waals surface area contributed by atoms with Gasteiger partial charge in [-0.05, 0) is 223 Å². The van der Waals surface area contributed by atoms with Crippen molar-refractivity contribution in [3.05, 3.63) is 23.3 Å². The fourth-order valence-electron chi connectivity index (χ4n) is 18.6. The maximum atomic E-state index is 11.9. The van der Waals surface area contributed by atoms with E-state index in [4.69, 9.17) is 4.74 Å². The van der Waals surface area contributed by atoms with Gasteiger partial charge in [-0.2, -0.15) is 0 Å². The Kier molecular flexibility index (Phi) is 15.6. The van der Waals surface area contributed by atoms with Gasteiger partial charge in [0.15, 0.2) is 0 Å². The van der Waals surface area contributed by atoms with Crippen LogP contribution in [-0.2, 0) is 14.3 Å². The minimum atomic E-state index is -0.193. The Labute approximate surface area is 396 Å². The van der Waals surface area contributed by atoms with Crippen molar-refractivity contribution in [3.8, 4) is 0 Å². The number of carbonyl (C=O) groups excluding carboxylic acids is 2. The normalized spacial score (nSPS) is 42.6. The van der Waals surface area contributed by atoms with Gasteiger partial charge in [0.1, 0.15) is 0 Å². The van der Waals surface area contributed by atoms with Crippen LogP contribution >= 0.6 is 0 Å². The molecule has 0 spiro atoms. The van der Waals surface area contributed by atoms with Crippen molar-refractivity contribution in [1.82, 2.24) is 10.6 Å². The van der Waals surface area contributed by atoms with Gasteiger partial charge in [-0.1, -0.05) is 76.7 Å². The third kappa shape index (κ3) is 9.77. The van der Waals surface area contributed by atoms with E-state index in [1.54, 1.807) is 25.0 Å². The second kappa shape index (κ2) is 20.3. The monoisotopic (exact) mass is 901 g/mol. The topological polar surface area (TPSA) is 108 Å². The fourth-order valence-corrected chi connectivity index (χ4v) is 18.6. The standard InChI is InChI=1S/C58H96N2O5/c1-37(59-39(3)61)47-21-23-49-45-19-17-43-35-41(25-29-55(43,5)51(45)27-31-57(47,49)7)53(63)15-11-9-13-33-65-34-14-10-12-16-54(64)42-26-30-56(6)44(36-42)18-20-46-50-24-22-48(38(2)60-40(4)62)58(50,8)32-28-52(46)56/h17-18,37-38,41-42,45-54,63-64H,9-16,19-36H2,1-8H3,(H,59,61)(H,60,62)/t37?,38?,41-,42-,45-,46-,47+,48+,49-,50-,51-,52-,53+,54+,55-,56-,57+,58+/m0/s1. The Morgan fingerprint density at radius 2 is 1.00 bits per heavy atom. The van der Waals surface area contributed by atoms with Crippen molar-refractivity contribution in [3.63, 3.8) is 0 Å². The molecule has 0 aromatic rings. The van der Waals surface area contributed by atoms with Crippen molar-refractivity contribution in [2.75, 3.05) is 13.2 Å². The van der Waals surface area contributed by atoms with Gasteiger partial charge in [0.2, 0.25) is 11.8 Å². The number of aliphatic hydroxyl groups excluding tert-OH is 2. The number of aliphatic hydroxyl groups is 2. The molecular formula is C58H96N2O5. The minimum Gasteiger partial charge on any atom is -0.393 e. The van der Waals surface area contributed by atoms with E-state index in [-0.39, 0.29) is 36.1 Å². The quantitative estimate of drug-likeness (QED) is 0.0810. The molecule has 8 rings (SSSR count). The molecule has 65 heavy (non-hydrogen) atoms. The predicted octanol–water partition coefficient (Wildman–Crippen LogP) is 12.3. The van der Waals surface area contributed by atoms with Gasteiger partial charge in [0.05, 0.1) is 12.2 Å². The zero-order chi connectivity index (χ0) is 46.3. The average molecular weight is 901 g/mol. The lowest BCUT2D eigenvalue weighted by Gasteiger charge is -2.58. The van der Waals surface area contributed by atoms with Gasteiger partial charge in [0, 0.05) is 39.1 Å². The molecule has 2 amide bonds. The van der Waals surface area contributed by atoms with E-state index in [0.717, 1.165) is 126 Å². The highest BCUT2D eigenvalue weighted by Gasteiger charge is 2.61. The lowest BCUT2D eigenvalue weighted by atomic mass is 9.46. The molecule has 0 bridgehead atoms. The summed E-state index contributed by atoms with van der Waals surface area (Å²) >= 11 is 0. The molecule has 0 saturated heterocycles. The molecule has 0 aliphatic heterocycles. The molecule has 368 valence electrons. The molecular weight excluding hydrogens is 805 g/mol. The van der Waals surface area contributed by atoms with Crippen molar-refractivity contribution < 1.29 is 24.5 Å². The van der Waals surface area contributed by atoms with Crippen LogP contribution < -0.4 is 10.6 Å². The smallest absolute Gasteiger partial charge is 0.217 e.